The zero-order valence-electron chi connectivity index (χ0n) is 10.6. The van der Waals surface area contributed by atoms with Gasteiger partial charge in [0.05, 0.1) is 11.0 Å². The summed E-state index contributed by atoms with van der Waals surface area (Å²) in [4.78, 5) is 4.71. The zero-order chi connectivity index (χ0) is 13.4. The number of hydrogen-bond acceptors (Lipinski definition) is 2. The molecule has 19 heavy (non-hydrogen) atoms. The summed E-state index contributed by atoms with van der Waals surface area (Å²) in [6.45, 7) is 0.542. The first-order valence-electron chi connectivity index (χ1n) is 6.10. The fourth-order valence-electron chi connectivity index (χ4n) is 2.23. The van der Waals surface area contributed by atoms with Crippen LogP contribution in [0.4, 0.5) is 0 Å². The van der Waals surface area contributed by atoms with Crippen molar-refractivity contribution in [1.29, 1.82) is 0 Å². The highest BCUT2D eigenvalue weighted by molar-refractivity contribution is 9.10. The molecular weight excluding hydrogens is 302 g/mol. The van der Waals surface area contributed by atoms with Crippen LogP contribution in [0, 0.1) is 0 Å². The maximum Gasteiger partial charge on any atom is 0.140 e. The second-order valence-corrected chi connectivity index (χ2v) is 5.44. The molecule has 3 aromatic rings. The number of aromatic nitrogens is 2. The minimum Gasteiger partial charge on any atom is -0.327 e. The van der Waals surface area contributed by atoms with E-state index in [0.29, 0.717) is 6.54 Å². The Morgan fingerprint density at radius 3 is 2.58 bits per heavy atom. The van der Waals surface area contributed by atoms with E-state index in [1.807, 2.05) is 19.2 Å². The quantitative estimate of drug-likeness (QED) is 0.787. The van der Waals surface area contributed by atoms with Crippen LogP contribution >= 0.6 is 15.9 Å². The van der Waals surface area contributed by atoms with Crippen LogP contribution in [0.3, 0.4) is 0 Å². The number of aryl methyl sites for hydroxylation is 1. The molecule has 0 saturated carbocycles. The molecule has 4 heteroatoms. The summed E-state index contributed by atoms with van der Waals surface area (Å²) in [6.07, 6.45) is 0. The Balaban J connectivity index is 2.19. The van der Waals surface area contributed by atoms with E-state index in [0.717, 1.165) is 32.5 Å². The lowest BCUT2D eigenvalue weighted by molar-refractivity contribution is 0.959. The van der Waals surface area contributed by atoms with E-state index >= 15 is 0 Å². The van der Waals surface area contributed by atoms with Crippen LogP contribution in [-0.2, 0) is 13.6 Å². The Morgan fingerprint density at radius 2 is 1.89 bits per heavy atom. The van der Waals surface area contributed by atoms with Crippen molar-refractivity contribution in [3.63, 3.8) is 0 Å². The molecule has 0 spiro atoms. The van der Waals surface area contributed by atoms with E-state index in [1.165, 1.54) is 0 Å². The highest BCUT2D eigenvalue weighted by Gasteiger charge is 2.09. The Kier molecular flexibility index (Phi) is 3.12. The number of benzene rings is 2. The number of nitrogens with zero attached hydrogens (tertiary/aromatic N) is 2. The van der Waals surface area contributed by atoms with Crippen molar-refractivity contribution in [2.24, 2.45) is 12.8 Å². The number of fused-ring (bicyclic) bond motifs is 1. The minimum atomic E-state index is 0.542. The van der Waals surface area contributed by atoms with Gasteiger partial charge in [-0.15, -0.1) is 0 Å². The van der Waals surface area contributed by atoms with Gasteiger partial charge in [0, 0.05) is 23.6 Å². The fraction of sp³-hybridized carbons (Fsp3) is 0.133. The highest BCUT2D eigenvalue weighted by Crippen LogP contribution is 2.25. The normalized spacial score (nSPS) is 11.1. The molecule has 0 aliphatic carbocycles. The highest BCUT2D eigenvalue weighted by atomic mass is 79.9. The maximum absolute atomic E-state index is 5.67. The predicted octanol–water partition coefficient (Wildman–Crippen LogP) is 3.46. The molecule has 0 unspecified atom stereocenters. The second-order valence-electron chi connectivity index (χ2n) is 4.53. The SMILES string of the molecule is Cn1c(-c2ccc(Br)cc2)nc2cc(CN)ccc21. The van der Waals surface area contributed by atoms with Gasteiger partial charge in [0.2, 0.25) is 0 Å². The molecule has 2 N–H and O–H groups in total. The molecule has 0 radical (unpaired) electrons. The van der Waals surface area contributed by atoms with E-state index in [9.17, 15) is 0 Å². The fourth-order valence-corrected chi connectivity index (χ4v) is 2.49. The van der Waals surface area contributed by atoms with Gasteiger partial charge in [0.25, 0.3) is 0 Å². The van der Waals surface area contributed by atoms with E-state index in [-0.39, 0.29) is 0 Å². The molecule has 3 nitrogen and oxygen atoms in total. The minimum absolute atomic E-state index is 0.542. The van der Waals surface area contributed by atoms with E-state index in [4.69, 9.17) is 10.7 Å². The summed E-state index contributed by atoms with van der Waals surface area (Å²) < 4.78 is 3.18. The van der Waals surface area contributed by atoms with Crippen molar-refractivity contribution in [3.05, 3.63) is 52.5 Å². The Morgan fingerprint density at radius 1 is 1.16 bits per heavy atom. The van der Waals surface area contributed by atoms with Crippen LogP contribution in [0.2, 0.25) is 0 Å². The summed E-state index contributed by atoms with van der Waals surface area (Å²) >= 11 is 3.45. The lowest BCUT2D eigenvalue weighted by Crippen LogP contribution is -1.95. The Bertz CT molecular complexity index is 729. The molecule has 0 atom stereocenters. The van der Waals surface area contributed by atoms with Crippen LogP contribution in [0.15, 0.2) is 46.9 Å². The van der Waals surface area contributed by atoms with Gasteiger partial charge in [-0.3, -0.25) is 0 Å². The first-order chi connectivity index (χ1) is 9.19. The smallest absolute Gasteiger partial charge is 0.140 e. The third-order valence-corrected chi connectivity index (χ3v) is 3.81. The Hall–Kier alpha value is -1.65. The third kappa shape index (κ3) is 2.17. The number of rotatable bonds is 2. The average Bonchev–Trinajstić information content (AvgIpc) is 2.76. The van der Waals surface area contributed by atoms with Crippen LogP contribution < -0.4 is 5.73 Å². The van der Waals surface area contributed by atoms with Gasteiger partial charge in [-0.2, -0.15) is 0 Å². The van der Waals surface area contributed by atoms with Gasteiger partial charge < -0.3 is 10.3 Å². The average molecular weight is 316 g/mol. The number of imidazole rings is 1. The third-order valence-electron chi connectivity index (χ3n) is 3.28. The standard InChI is InChI=1S/C15H14BrN3/c1-19-14-7-2-10(9-17)8-13(14)18-15(19)11-3-5-12(16)6-4-11/h2-8H,9,17H2,1H3. The summed E-state index contributed by atoms with van der Waals surface area (Å²) in [5.41, 5.74) is 10.00. The monoisotopic (exact) mass is 315 g/mol. The largest absolute Gasteiger partial charge is 0.327 e. The number of halogens is 1. The van der Waals surface area contributed by atoms with Crippen LogP contribution in [0.1, 0.15) is 5.56 Å². The molecule has 1 heterocycles. The molecule has 96 valence electrons. The van der Waals surface area contributed by atoms with Crippen molar-refractivity contribution in [2.75, 3.05) is 0 Å². The topological polar surface area (TPSA) is 43.8 Å². The first kappa shape index (κ1) is 12.4. The van der Waals surface area contributed by atoms with Gasteiger partial charge in [0.1, 0.15) is 5.82 Å². The number of hydrogen-bond donors (Lipinski definition) is 1. The van der Waals surface area contributed by atoms with E-state index < -0.39 is 0 Å². The molecule has 0 aliphatic rings. The lowest BCUT2D eigenvalue weighted by atomic mass is 10.2. The predicted molar refractivity (Wildman–Crippen MR) is 81.7 cm³/mol. The van der Waals surface area contributed by atoms with Crippen LogP contribution in [-0.4, -0.2) is 9.55 Å². The molecule has 3 rings (SSSR count). The molecule has 0 aliphatic heterocycles. The Labute approximate surface area is 120 Å². The first-order valence-corrected chi connectivity index (χ1v) is 6.89. The molecule has 0 fully saturated rings. The van der Waals surface area contributed by atoms with Crippen molar-refractivity contribution in [3.8, 4) is 11.4 Å². The van der Waals surface area contributed by atoms with Gasteiger partial charge in [-0.1, -0.05) is 34.1 Å². The molecule has 0 saturated heterocycles. The van der Waals surface area contributed by atoms with Crippen LogP contribution in [0.25, 0.3) is 22.4 Å². The number of nitrogens with two attached hydrogens (primary N) is 1. The van der Waals surface area contributed by atoms with Gasteiger partial charge in [-0.25, -0.2) is 4.98 Å². The van der Waals surface area contributed by atoms with Crippen molar-refractivity contribution in [2.45, 2.75) is 6.54 Å². The van der Waals surface area contributed by atoms with Gasteiger partial charge in [0.15, 0.2) is 0 Å². The molecule has 0 amide bonds. The molecule has 0 bridgehead atoms. The van der Waals surface area contributed by atoms with Crippen molar-refractivity contribution in [1.82, 2.24) is 9.55 Å². The zero-order valence-corrected chi connectivity index (χ0v) is 12.2. The summed E-state index contributed by atoms with van der Waals surface area (Å²) in [5.74, 6) is 0.969. The van der Waals surface area contributed by atoms with Gasteiger partial charge >= 0.3 is 0 Å². The van der Waals surface area contributed by atoms with E-state index in [1.54, 1.807) is 0 Å². The summed E-state index contributed by atoms with van der Waals surface area (Å²) in [7, 11) is 2.04. The summed E-state index contributed by atoms with van der Waals surface area (Å²) in [6, 6.07) is 14.4. The lowest BCUT2D eigenvalue weighted by Gasteiger charge is -2.02. The molecule has 2 aromatic carbocycles. The maximum atomic E-state index is 5.67. The second kappa shape index (κ2) is 4.79. The van der Waals surface area contributed by atoms with Gasteiger partial charge in [-0.05, 0) is 29.8 Å². The molecular formula is C15H14BrN3. The van der Waals surface area contributed by atoms with Crippen LogP contribution in [0.5, 0.6) is 0 Å². The van der Waals surface area contributed by atoms with Crippen molar-refractivity contribution < 1.29 is 0 Å². The van der Waals surface area contributed by atoms with Crippen molar-refractivity contribution >= 4 is 27.0 Å². The summed E-state index contributed by atoms with van der Waals surface area (Å²) in [5, 5.41) is 0. The van der Waals surface area contributed by atoms with E-state index in [2.05, 4.69) is 50.8 Å². The molecule has 1 aromatic heterocycles.